The van der Waals surface area contributed by atoms with Crippen molar-refractivity contribution in [2.75, 3.05) is 11.9 Å². The molecule has 1 N–H and O–H groups in total. The van der Waals surface area contributed by atoms with Crippen LogP contribution in [0.15, 0.2) is 29.0 Å². The molecule has 160 valence electrons. The van der Waals surface area contributed by atoms with E-state index in [1.165, 1.54) is 17.7 Å². The molecule has 1 aromatic carbocycles. The van der Waals surface area contributed by atoms with Crippen LogP contribution in [0.4, 0.5) is 5.00 Å². The van der Waals surface area contributed by atoms with E-state index in [4.69, 9.17) is 9.15 Å². The van der Waals surface area contributed by atoms with Crippen LogP contribution >= 0.6 is 11.3 Å². The number of nitrogens with one attached hydrogen (secondary N) is 1. The minimum absolute atomic E-state index is 0.193. The van der Waals surface area contributed by atoms with Crippen LogP contribution in [0.5, 0.6) is 0 Å². The number of fused-ring (bicyclic) bond motifs is 2. The van der Waals surface area contributed by atoms with E-state index in [9.17, 15) is 14.9 Å². The number of aromatic nitrogens is 1. The van der Waals surface area contributed by atoms with Crippen LogP contribution in [0, 0.1) is 22.7 Å². The van der Waals surface area contributed by atoms with Crippen LogP contribution in [-0.2, 0) is 22.4 Å². The number of nitriles is 1. The van der Waals surface area contributed by atoms with Crippen LogP contribution in [-0.4, -0.2) is 23.5 Å². The molecule has 0 aliphatic heterocycles. The molecule has 8 heteroatoms. The molecule has 1 amide bonds. The summed E-state index contributed by atoms with van der Waals surface area (Å²) < 4.78 is 10.3. The Kier molecular flexibility index (Phi) is 5.54. The highest BCUT2D eigenvalue weighted by atomic mass is 32.1. The summed E-state index contributed by atoms with van der Waals surface area (Å²) in [5.74, 6) is -0.606. The van der Waals surface area contributed by atoms with Crippen molar-refractivity contribution >= 4 is 39.3 Å². The van der Waals surface area contributed by atoms with Crippen molar-refractivity contribution in [2.24, 2.45) is 11.3 Å². The van der Waals surface area contributed by atoms with E-state index in [0.717, 1.165) is 29.7 Å². The van der Waals surface area contributed by atoms with Gasteiger partial charge < -0.3 is 14.5 Å². The van der Waals surface area contributed by atoms with Gasteiger partial charge in [-0.05, 0) is 48.3 Å². The quantitative estimate of drug-likeness (QED) is 0.593. The number of para-hydroxylation sites is 1. The first-order chi connectivity index (χ1) is 14.8. The first kappa shape index (κ1) is 21.1. The summed E-state index contributed by atoms with van der Waals surface area (Å²) >= 11 is 1.45. The van der Waals surface area contributed by atoms with Gasteiger partial charge in [-0.25, -0.2) is 9.78 Å². The van der Waals surface area contributed by atoms with Gasteiger partial charge in [-0.1, -0.05) is 26.8 Å². The molecule has 2 heterocycles. The maximum absolute atomic E-state index is 12.4. The van der Waals surface area contributed by atoms with Crippen LogP contribution < -0.4 is 5.32 Å². The smallest absolute Gasteiger partial charge is 0.340 e. The Balaban J connectivity index is 1.43. The van der Waals surface area contributed by atoms with E-state index in [1.807, 2.05) is 0 Å². The fraction of sp³-hybridized carbons (Fsp3) is 0.391. The third kappa shape index (κ3) is 4.19. The molecule has 0 fully saturated rings. The zero-order valence-electron chi connectivity index (χ0n) is 17.7. The second-order valence-corrected chi connectivity index (χ2v) is 9.86. The topological polar surface area (TPSA) is 105 Å². The van der Waals surface area contributed by atoms with Crippen molar-refractivity contribution in [2.45, 2.75) is 40.0 Å². The molecular formula is C23H23N3O4S. The largest absolute Gasteiger partial charge is 0.452 e. The summed E-state index contributed by atoms with van der Waals surface area (Å²) in [4.78, 5) is 30.0. The Bertz CT molecular complexity index is 1200. The average molecular weight is 438 g/mol. The van der Waals surface area contributed by atoms with E-state index in [1.54, 1.807) is 18.2 Å². The summed E-state index contributed by atoms with van der Waals surface area (Å²) in [5.41, 5.74) is 2.85. The van der Waals surface area contributed by atoms with Crippen molar-refractivity contribution in [1.29, 1.82) is 5.26 Å². The molecule has 1 aliphatic carbocycles. The number of hydrogen-bond acceptors (Lipinski definition) is 7. The van der Waals surface area contributed by atoms with Crippen LogP contribution in [0.2, 0.25) is 0 Å². The molecule has 3 aromatic rings. The zero-order chi connectivity index (χ0) is 22.2. The Morgan fingerprint density at radius 3 is 2.94 bits per heavy atom. The van der Waals surface area contributed by atoms with Crippen molar-refractivity contribution in [3.05, 3.63) is 46.2 Å². The number of thiophene rings is 1. The first-order valence-electron chi connectivity index (χ1n) is 10.1. The SMILES string of the molecule is CC(C)(C)C1CCc2c(sc(NC(=O)COC(=O)c3cccc4ocnc34)c2C#N)C1. The fourth-order valence-electron chi connectivity index (χ4n) is 3.95. The van der Waals surface area contributed by atoms with Gasteiger partial charge in [-0.15, -0.1) is 11.3 Å². The molecule has 1 atom stereocenters. The van der Waals surface area contributed by atoms with Gasteiger partial charge in [-0.3, -0.25) is 4.79 Å². The Hall–Kier alpha value is -3.18. The van der Waals surface area contributed by atoms with Crippen molar-refractivity contribution in [1.82, 2.24) is 4.98 Å². The molecule has 0 saturated carbocycles. The third-order valence-electron chi connectivity index (χ3n) is 5.77. The molecule has 7 nitrogen and oxygen atoms in total. The fourth-order valence-corrected chi connectivity index (χ4v) is 5.25. The predicted octanol–water partition coefficient (Wildman–Crippen LogP) is 4.71. The number of oxazole rings is 1. The summed E-state index contributed by atoms with van der Waals surface area (Å²) in [6, 6.07) is 7.16. The number of anilines is 1. The van der Waals surface area contributed by atoms with Gasteiger partial charge in [0.25, 0.3) is 5.91 Å². The number of ether oxygens (including phenoxy) is 1. The molecule has 31 heavy (non-hydrogen) atoms. The van der Waals surface area contributed by atoms with Gasteiger partial charge >= 0.3 is 5.97 Å². The lowest BCUT2D eigenvalue weighted by Gasteiger charge is -2.33. The molecule has 0 bridgehead atoms. The summed E-state index contributed by atoms with van der Waals surface area (Å²) in [5, 5.41) is 12.9. The maximum Gasteiger partial charge on any atom is 0.340 e. The van der Waals surface area contributed by atoms with E-state index in [0.29, 0.717) is 27.6 Å². The molecule has 0 spiro atoms. The molecular weight excluding hydrogens is 414 g/mol. The van der Waals surface area contributed by atoms with E-state index in [2.05, 4.69) is 37.1 Å². The molecule has 1 unspecified atom stereocenters. The van der Waals surface area contributed by atoms with Crippen molar-refractivity contribution < 1.29 is 18.7 Å². The number of amides is 1. The Labute approximate surface area is 184 Å². The zero-order valence-corrected chi connectivity index (χ0v) is 18.5. The minimum atomic E-state index is -0.659. The highest BCUT2D eigenvalue weighted by molar-refractivity contribution is 7.16. The highest BCUT2D eigenvalue weighted by Crippen LogP contribution is 2.43. The van der Waals surface area contributed by atoms with Crippen molar-refractivity contribution in [3.8, 4) is 6.07 Å². The number of carbonyl (C=O) groups excluding carboxylic acids is 2. The molecule has 2 aromatic heterocycles. The number of benzene rings is 1. The molecule has 4 rings (SSSR count). The number of hydrogen-bond donors (Lipinski definition) is 1. The Morgan fingerprint density at radius 1 is 1.39 bits per heavy atom. The van der Waals surface area contributed by atoms with E-state index < -0.39 is 18.5 Å². The monoisotopic (exact) mass is 437 g/mol. The maximum atomic E-state index is 12.4. The van der Waals surface area contributed by atoms with Gasteiger partial charge in [-0.2, -0.15) is 5.26 Å². The van der Waals surface area contributed by atoms with Crippen molar-refractivity contribution in [3.63, 3.8) is 0 Å². The second-order valence-electron chi connectivity index (χ2n) is 8.75. The lowest BCUT2D eigenvalue weighted by molar-refractivity contribution is -0.119. The number of nitrogens with zero attached hydrogens (tertiary/aromatic N) is 2. The number of esters is 1. The lowest BCUT2D eigenvalue weighted by atomic mass is 9.72. The number of rotatable bonds is 4. The highest BCUT2D eigenvalue weighted by Gasteiger charge is 2.32. The second kappa shape index (κ2) is 8.16. The van der Waals surface area contributed by atoms with Gasteiger partial charge in [0, 0.05) is 4.88 Å². The lowest BCUT2D eigenvalue weighted by Crippen LogP contribution is -2.26. The van der Waals surface area contributed by atoms with Gasteiger partial charge in [0.2, 0.25) is 0 Å². The van der Waals surface area contributed by atoms with Crippen LogP contribution in [0.25, 0.3) is 11.1 Å². The van der Waals surface area contributed by atoms with E-state index >= 15 is 0 Å². The van der Waals surface area contributed by atoms with Crippen LogP contribution in [0.1, 0.15) is 53.6 Å². The molecule has 0 saturated heterocycles. The minimum Gasteiger partial charge on any atom is -0.452 e. The van der Waals surface area contributed by atoms with Gasteiger partial charge in [0.1, 0.15) is 16.6 Å². The van der Waals surface area contributed by atoms with Gasteiger partial charge in [0.05, 0.1) is 11.1 Å². The summed E-state index contributed by atoms with van der Waals surface area (Å²) in [7, 11) is 0. The summed E-state index contributed by atoms with van der Waals surface area (Å²) in [6.07, 6.45) is 4.02. The van der Waals surface area contributed by atoms with Gasteiger partial charge in [0.15, 0.2) is 18.6 Å². The first-order valence-corrected chi connectivity index (χ1v) is 10.9. The summed E-state index contributed by atoms with van der Waals surface area (Å²) in [6.45, 7) is 6.25. The number of carbonyl (C=O) groups is 2. The third-order valence-corrected chi connectivity index (χ3v) is 6.94. The Morgan fingerprint density at radius 2 is 2.19 bits per heavy atom. The van der Waals surface area contributed by atoms with E-state index in [-0.39, 0.29) is 11.0 Å². The standard InChI is InChI=1S/C23H23N3O4S/c1-23(2,3)13-7-8-14-16(10-24)21(31-18(14)9-13)26-19(27)11-29-22(28)15-5-4-6-17-20(15)25-12-30-17/h4-6,12-13H,7-9,11H2,1-3H3,(H,26,27). The normalized spacial score (nSPS) is 15.9. The predicted molar refractivity (Wildman–Crippen MR) is 117 cm³/mol. The molecule has 0 radical (unpaired) electrons. The molecule has 1 aliphatic rings. The average Bonchev–Trinajstić information content (AvgIpc) is 3.34. The van der Waals surface area contributed by atoms with Crippen LogP contribution in [0.3, 0.4) is 0 Å².